The highest BCUT2D eigenvalue weighted by Gasteiger charge is 2.24. The lowest BCUT2D eigenvalue weighted by Gasteiger charge is -2.32. The Balaban J connectivity index is 1.56. The number of fused-ring (bicyclic) bond motifs is 1. The number of carbonyl (C=O) groups excluding carboxylic acids is 1. The zero-order valence-corrected chi connectivity index (χ0v) is 16.5. The average Bonchev–Trinajstić information content (AvgIpc) is 3.11. The van der Waals surface area contributed by atoms with Gasteiger partial charge in [0.15, 0.2) is 0 Å². The molecule has 0 unspecified atom stereocenters. The Bertz CT molecular complexity index is 1150. The minimum Gasteiger partial charge on any atom is -0.366 e. The first-order chi connectivity index (χ1) is 13.8. The van der Waals surface area contributed by atoms with Crippen LogP contribution in [0.4, 0.5) is 0 Å². The van der Waals surface area contributed by atoms with Crippen LogP contribution >= 0.6 is 0 Å². The van der Waals surface area contributed by atoms with E-state index >= 15 is 0 Å². The van der Waals surface area contributed by atoms with Crippen LogP contribution in [0.2, 0.25) is 0 Å². The molecule has 1 aliphatic heterocycles. The zero-order valence-electron chi connectivity index (χ0n) is 15.7. The Morgan fingerprint density at radius 2 is 1.97 bits per heavy atom. The predicted octanol–water partition coefficient (Wildman–Crippen LogP) is 2.15. The molecule has 0 saturated carbocycles. The summed E-state index contributed by atoms with van der Waals surface area (Å²) in [6, 6.07) is 13.2. The molecule has 0 spiro atoms. The smallest absolute Gasteiger partial charge is 0.278 e. The summed E-state index contributed by atoms with van der Waals surface area (Å²) < 4.78 is 33.1. The van der Waals surface area contributed by atoms with Crippen molar-refractivity contribution < 1.29 is 17.8 Å². The number of aromatic nitrogens is 2. The van der Waals surface area contributed by atoms with Crippen LogP contribution in [0.1, 0.15) is 34.7 Å². The van der Waals surface area contributed by atoms with Gasteiger partial charge in [-0.1, -0.05) is 24.3 Å². The SMILES string of the molecule is NC(=O)c1cccc2cn(-c3ccc([C@@H]4CCCN(CS(=O)(=O)O)C4)cc3)nc12. The summed E-state index contributed by atoms with van der Waals surface area (Å²) in [5.41, 5.74) is 8.36. The molecule has 1 saturated heterocycles. The molecule has 0 bridgehead atoms. The average molecular weight is 414 g/mol. The number of hydrogen-bond donors (Lipinski definition) is 2. The first kappa shape index (κ1) is 19.6. The Kier molecular flexibility index (Phi) is 5.12. The number of rotatable bonds is 5. The zero-order chi connectivity index (χ0) is 20.6. The number of nitrogens with zero attached hydrogens (tertiary/aromatic N) is 3. The number of likely N-dealkylation sites (tertiary alicyclic amines) is 1. The van der Waals surface area contributed by atoms with Gasteiger partial charge in [-0.3, -0.25) is 14.2 Å². The Labute approximate surface area is 168 Å². The van der Waals surface area contributed by atoms with Crippen molar-refractivity contribution in [2.45, 2.75) is 18.8 Å². The van der Waals surface area contributed by atoms with E-state index in [0.717, 1.165) is 29.5 Å². The van der Waals surface area contributed by atoms with Crippen LogP contribution in [0.15, 0.2) is 48.7 Å². The number of amides is 1. The minimum atomic E-state index is -4.01. The maximum absolute atomic E-state index is 11.6. The lowest BCUT2D eigenvalue weighted by molar-refractivity contribution is 0.100. The molecular formula is C20H22N4O4S. The molecule has 4 rings (SSSR count). The molecule has 3 N–H and O–H groups in total. The normalized spacial score (nSPS) is 18.2. The molecule has 1 aromatic heterocycles. The van der Waals surface area contributed by atoms with Crippen LogP contribution in [0.5, 0.6) is 0 Å². The van der Waals surface area contributed by atoms with Crippen LogP contribution in [0.3, 0.4) is 0 Å². The molecule has 0 aliphatic carbocycles. The van der Waals surface area contributed by atoms with E-state index in [1.807, 2.05) is 36.5 Å². The molecule has 1 fully saturated rings. The second kappa shape index (κ2) is 7.58. The molecule has 29 heavy (non-hydrogen) atoms. The molecule has 2 heterocycles. The van der Waals surface area contributed by atoms with E-state index < -0.39 is 16.0 Å². The second-order valence-electron chi connectivity index (χ2n) is 7.40. The van der Waals surface area contributed by atoms with Gasteiger partial charge in [-0.2, -0.15) is 13.5 Å². The Morgan fingerprint density at radius 1 is 1.21 bits per heavy atom. The van der Waals surface area contributed by atoms with Crippen LogP contribution in [-0.2, 0) is 10.1 Å². The Hall–Kier alpha value is -2.75. The predicted molar refractivity (Wildman–Crippen MR) is 110 cm³/mol. The fraction of sp³-hybridized carbons (Fsp3) is 0.300. The van der Waals surface area contributed by atoms with Crippen molar-refractivity contribution in [1.82, 2.24) is 14.7 Å². The first-order valence-electron chi connectivity index (χ1n) is 9.36. The third-order valence-corrected chi connectivity index (χ3v) is 5.97. The summed E-state index contributed by atoms with van der Waals surface area (Å²) in [7, 11) is -4.01. The maximum atomic E-state index is 11.6. The van der Waals surface area contributed by atoms with Crippen LogP contribution in [-0.4, -0.2) is 52.5 Å². The van der Waals surface area contributed by atoms with Crippen molar-refractivity contribution in [2.75, 3.05) is 19.0 Å². The van der Waals surface area contributed by atoms with Crippen molar-refractivity contribution >= 4 is 26.9 Å². The van der Waals surface area contributed by atoms with E-state index in [9.17, 15) is 13.2 Å². The first-order valence-corrected chi connectivity index (χ1v) is 11.0. The molecule has 1 atom stereocenters. The molecule has 1 aliphatic rings. The van der Waals surface area contributed by atoms with Gasteiger partial charge in [0, 0.05) is 18.1 Å². The number of primary amides is 1. The standard InChI is InChI=1S/C20H22N4O4S/c21-20(25)18-5-1-3-16-12-24(22-19(16)18)17-8-6-14(7-9-17)15-4-2-10-23(11-15)13-29(26,27)28/h1,3,5-9,12,15H,2,4,10-11,13H2,(H2,21,25)(H,26,27,28)/t15-/m1/s1. The Morgan fingerprint density at radius 3 is 2.66 bits per heavy atom. The lowest BCUT2D eigenvalue weighted by Crippen LogP contribution is -2.37. The van der Waals surface area contributed by atoms with E-state index in [0.29, 0.717) is 24.2 Å². The number of hydrogen-bond acceptors (Lipinski definition) is 5. The second-order valence-corrected chi connectivity index (χ2v) is 8.82. The van der Waals surface area contributed by atoms with Crippen LogP contribution < -0.4 is 5.73 Å². The van der Waals surface area contributed by atoms with Gasteiger partial charge in [0.25, 0.3) is 16.0 Å². The summed E-state index contributed by atoms with van der Waals surface area (Å²) in [5, 5.41) is 5.34. The molecule has 2 aromatic carbocycles. The van der Waals surface area contributed by atoms with E-state index in [1.54, 1.807) is 21.7 Å². The molecule has 3 aromatic rings. The summed E-state index contributed by atoms with van der Waals surface area (Å²) in [5.74, 6) is -0.635. The fourth-order valence-electron chi connectivity index (χ4n) is 3.95. The molecule has 0 radical (unpaired) electrons. The molecule has 9 heteroatoms. The van der Waals surface area contributed by atoms with Crippen LogP contribution in [0.25, 0.3) is 16.6 Å². The fourth-order valence-corrected chi connectivity index (χ4v) is 4.65. The summed E-state index contributed by atoms with van der Waals surface area (Å²) >= 11 is 0. The summed E-state index contributed by atoms with van der Waals surface area (Å²) in [6.07, 6.45) is 3.70. The van der Waals surface area contributed by atoms with E-state index in [1.165, 1.54) is 0 Å². The monoisotopic (exact) mass is 414 g/mol. The molecule has 152 valence electrons. The lowest BCUT2D eigenvalue weighted by atomic mass is 9.91. The quantitative estimate of drug-likeness (QED) is 0.618. The summed E-state index contributed by atoms with van der Waals surface area (Å²) in [4.78, 5) is 13.4. The van der Waals surface area contributed by atoms with Gasteiger partial charge in [0.05, 0.1) is 11.3 Å². The molecule has 8 nitrogen and oxygen atoms in total. The van der Waals surface area contributed by atoms with Crippen LogP contribution in [0, 0.1) is 0 Å². The third-order valence-electron chi connectivity index (χ3n) is 5.28. The number of piperidine rings is 1. The largest absolute Gasteiger partial charge is 0.366 e. The maximum Gasteiger partial charge on any atom is 0.278 e. The molecular weight excluding hydrogens is 392 g/mol. The minimum absolute atomic E-state index is 0.206. The van der Waals surface area contributed by atoms with Gasteiger partial charge in [0.2, 0.25) is 0 Å². The van der Waals surface area contributed by atoms with Gasteiger partial charge in [-0.15, -0.1) is 0 Å². The van der Waals surface area contributed by atoms with Crippen molar-refractivity contribution in [1.29, 1.82) is 0 Å². The number of carbonyl (C=O) groups is 1. The van der Waals surface area contributed by atoms with Gasteiger partial charge < -0.3 is 5.73 Å². The van der Waals surface area contributed by atoms with Gasteiger partial charge in [0.1, 0.15) is 11.4 Å². The van der Waals surface area contributed by atoms with E-state index in [4.69, 9.17) is 10.3 Å². The third kappa shape index (κ3) is 4.31. The van der Waals surface area contributed by atoms with Crippen molar-refractivity contribution in [3.63, 3.8) is 0 Å². The summed E-state index contributed by atoms with van der Waals surface area (Å²) in [6.45, 7) is 1.25. The van der Waals surface area contributed by atoms with E-state index in [2.05, 4.69) is 5.10 Å². The number of nitrogens with two attached hydrogens (primary N) is 1. The highest BCUT2D eigenvalue weighted by atomic mass is 32.2. The van der Waals surface area contributed by atoms with Crippen molar-refractivity contribution in [3.8, 4) is 5.69 Å². The topological polar surface area (TPSA) is 119 Å². The van der Waals surface area contributed by atoms with Gasteiger partial charge in [-0.25, -0.2) is 4.68 Å². The van der Waals surface area contributed by atoms with Gasteiger partial charge in [-0.05, 0) is 49.1 Å². The van der Waals surface area contributed by atoms with E-state index in [-0.39, 0.29) is 11.8 Å². The highest BCUT2D eigenvalue weighted by molar-refractivity contribution is 7.85. The highest BCUT2D eigenvalue weighted by Crippen LogP contribution is 2.28. The number of benzene rings is 2. The molecule has 1 amide bonds. The van der Waals surface area contributed by atoms with Gasteiger partial charge >= 0.3 is 0 Å². The van der Waals surface area contributed by atoms with Crippen molar-refractivity contribution in [2.24, 2.45) is 5.73 Å². The van der Waals surface area contributed by atoms with Crippen molar-refractivity contribution in [3.05, 3.63) is 59.8 Å².